The Morgan fingerprint density at radius 1 is 0.648 bits per heavy atom. The van der Waals surface area contributed by atoms with Crippen LogP contribution in [0.15, 0.2) is 214 Å². The van der Waals surface area contributed by atoms with Crippen molar-refractivity contribution in [3.63, 3.8) is 0 Å². The van der Waals surface area contributed by atoms with Crippen molar-refractivity contribution in [3.05, 3.63) is 219 Å². The third-order valence-corrected chi connectivity index (χ3v) is 13.4. The second kappa shape index (κ2) is 13.2. The number of hydrogen-bond donors (Lipinski definition) is 0. The molecule has 2 aliphatic heterocycles. The van der Waals surface area contributed by atoms with Gasteiger partial charge in [0.15, 0.2) is 0 Å². The van der Waals surface area contributed by atoms with E-state index < -0.39 is 0 Å². The molecule has 11 rings (SSSR count). The highest BCUT2D eigenvalue weighted by atomic mass is 15.2. The van der Waals surface area contributed by atoms with Gasteiger partial charge in [0.25, 0.3) is 0 Å². The Kier molecular flexibility index (Phi) is 7.85. The molecule has 2 nitrogen and oxygen atoms in total. The predicted molar refractivity (Wildman–Crippen MR) is 224 cm³/mol. The standard InChI is InChI=1S/C52H48N2/c1-3-13-35(14-4-1)41-29-42(36-15-5-2-6-16-36)32-44(31-41)54-50-22-12-10-20-46(50)48-34-40(25-28-52(48)54)39-24-27-51-47(33-39)45-19-9-11-21-49(45)53(51)43-26-23-37-17-7-8-18-38(37)30-43/h1,3-5,7-10,12-13,15-20,22-26,28-29,32-33,35,38,41,48,51H,2,6,11,14,21,27,30-31,34H2. The van der Waals surface area contributed by atoms with Gasteiger partial charge in [-0.15, -0.1) is 0 Å². The van der Waals surface area contributed by atoms with Crippen LogP contribution in [0.1, 0.15) is 69.3 Å². The molecule has 0 bridgehead atoms. The van der Waals surface area contributed by atoms with Crippen LogP contribution in [0, 0.1) is 17.8 Å². The number of rotatable bonds is 5. The summed E-state index contributed by atoms with van der Waals surface area (Å²) in [4.78, 5) is 5.39. The Balaban J connectivity index is 0.929. The maximum atomic E-state index is 2.74. The van der Waals surface area contributed by atoms with E-state index in [1.165, 1.54) is 73.1 Å². The summed E-state index contributed by atoms with van der Waals surface area (Å²) < 4.78 is 0. The maximum absolute atomic E-state index is 2.74. The summed E-state index contributed by atoms with van der Waals surface area (Å²) in [6.45, 7) is 0. The van der Waals surface area contributed by atoms with Crippen LogP contribution >= 0.6 is 0 Å². The fourth-order valence-electron chi connectivity index (χ4n) is 10.8. The minimum atomic E-state index is 0.355. The van der Waals surface area contributed by atoms with E-state index in [1.54, 1.807) is 0 Å². The molecule has 8 aliphatic carbocycles. The van der Waals surface area contributed by atoms with Gasteiger partial charge in [-0.3, -0.25) is 0 Å². The lowest BCUT2D eigenvalue weighted by Gasteiger charge is -2.37. The van der Waals surface area contributed by atoms with Gasteiger partial charge >= 0.3 is 0 Å². The summed E-state index contributed by atoms with van der Waals surface area (Å²) in [7, 11) is 0. The lowest BCUT2D eigenvalue weighted by atomic mass is 9.78. The molecule has 0 saturated carbocycles. The summed E-state index contributed by atoms with van der Waals surface area (Å²) >= 11 is 0. The molecule has 0 radical (unpaired) electrons. The number of fused-ring (bicyclic) bond motifs is 6. The van der Waals surface area contributed by atoms with Crippen LogP contribution in [-0.4, -0.2) is 10.9 Å². The van der Waals surface area contributed by atoms with Gasteiger partial charge in [-0.1, -0.05) is 121 Å². The van der Waals surface area contributed by atoms with Crippen molar-refractivity contribution in [2.24, 2.45) is 17.8 Å². The van der Waals surface area contributed by atoms with Crippen molar-refractivity contribution >= 4 is 5.69 Å². The average molecular weight is 701 g/mol. The minimum absolute atomic E-state index is 0.355. The number of allylic oxidation sites excluding steroid dienone is 29. The first-order valence-electron chi connectivity index (χ1n) is 20.6. The quantitative estimate of drug-likeness (QED) is 0.302. The molecule has 0 saturated heterocycles. The SMILES string of the molecule is C1=CCC(C2C=C(C3=CCCC=C3)C=C(N3C4=CC=C(C5=CCC6C(=C5)C5=C(CCC=C5)N6C5=CC=C6C=CC=CC6C5)CC4c4ccccc43)C2)C=C1. The average Bonchev–Trinajstić information content (AvgIpc) is 3.76. The fourth-order valence-corrected chi connectivity index (χ4v) is 10.8. The summed E-state index contributed by atoms with van der Waals surface area (Å²) in [5, 5.41) is 0. The van der Waals surface area contributed by atoms with E-state index in [0.29, 0.717) is 29.7 Å². The molecule has 266 valence electrons. The number of benzene rings is 1. The van der Waals surface area contributed by atoms with Crippen molar-refractivity contribution < 1.29 is 0 Å². The van der Waals surface area contributed by atoms with Crippen LogP contribution in [0.3, 0.4) is 0 Å². The number of para-hydroxylation sites is 1. The number of hydrogen-bond acceptors (Lipinski definition) is 2. The summed E-state index contributed by atoms with van der Waals surface area (Å²) in [6.07, 6.45) is 60.1. The van der Waals surface area contributed by atoms with Gasteiger partial charge in [-0.25, -0.2) is 0 Å². The highest BCUT2D eigenvalue weighted by Crippen LogP contribution is 2.54. The van der Waals surface area contributed by atoms with Gasteiger partial charge in [0.05, 0.1) is 6.04 Å². The lowest BCUT2D eigenvalue weighted by Crippen LogP contribution is -2.33. The van der Waals surface area contributed by atoms with Crippen molar-refractivity contribution in [2.45, 2.75) is 69.7 Å². The second-order valence-electron chi connectivity index (χ2n) is 16.5. The third-order valence-electron chi connectivity index (χ3n) is 13.4. The molecule has 1 aromatic rings. The monoisotopic (exact) mass is 700 g/mol. The molecule has 0 spiro atoms. The Morgan fingerprint density at radius 3 is 2.52 bits per heavy atom. The number of anilines is 1. The molecule has 5 atom stereocenters. The van der Waals surface area contributed by atoms with Crippen molar-refractivity contribution in [3.8, 4) is 0 Å². The van der Waals surface area contributed by atoms with Crippen LogP contribution in [0.25, 0.3) is 0 Å². The zero-order chi connectivity index (χ0) is 35.6. The van der Waals surface area contributed by atoms with E-state index in [1.807, 2.05) is 0 Å². The van der Waals surface area contributed by atoms with E-state index in [0.717, 1.165) is 57.8 Å². The van der Waals surface area contributed by atoms with Crippen molar-refractivity contribution in [1.82, 2.24) is 4.90 Å². The normalized spacial score (nSPS) is 30.1. The molecule has 2 heterocycles. The summed E-state index contributed by atoms with van der Waals surface area (Å²) in [5.41, 5.74) is 18.9. The van der Waals surface area contributed by atoms with Crippen LogP contribution in [-0.2, 0) is 0 Å². The number of nitrogens with zero attached hydrogens (tertiary/aromatic N) is 2. The van der Waals surface area contributed by atoms with E-state index in [9.17, 15) is 0 Å². The van der Waals surface area contributed by atoms with E-state index >= 15 is 0 Å². The highest BCUT2D eigenvalue weighted by Gasteiger charge is 2.42. The Labute approximate surface area is 321 Å². The van der Waals surface area contributed by atoms with E-state index in [2.05, 4.69) is 162 Å². The molecule has 0 fully saturated rings. The van der Waals surface area contributed by atoms with Crippen LogP contribution in [0.2, 0.25) is 0 Å². The molecule has 0 N–H and O–H groups in total. The van der Waals surface area contributed by atoms with E-state index in [-0.39, 0.29) is 0 Å². The topological polar surface area (TPSA) is 6.48 Å². The molecule has 5 unspecified atom stereocenters. The predicted octanol–water partition coefficient (Wildman–Crippen LogP) is 12.5. The molecule has 1 aromatic carbocycles. The Morgan fingerprint density at radius 2 is 1.59 bits per heavy atom. The molecule has 54 heavy (non-hydrogen) atoms. The van der Waals surface area contributed by atoms with Gasteiger partial charge < -0.3 is 9.80 Å². The summed E-state index contributed by atoms with van der Waals surface area (Å²) in [6, 6.07) is 9.64. The maximum Gasteiger partial charge on any atom is 0.0626 e. The van der Waals surface area contributed by atoms with Crippen LogP contribution in [0.4, 0.5) is 5.69 Å². The first-order valence-corrected chi connectivity index (χ1v) is 20.6. The third kappa shape index (κ3) is 5.36. The molecule has 2 heteroatoms. The van der Waals surface area contributed by atoms with Gasteiger partial charge in [0.2, 0.25) is 0 Å². The molecule has 10 aliphatic rings. The minimum Gasteiger partial charge on any atom is -0.340 e. The van der Waals surface area contributed by atoms with Crippen molar-refractivity contribution in [2.75, 3.05) is 4.90 Å². The van der Waals surface area contributed by atoms with Crippen LogP contribution in [0.5, 0.6) is 0 Å². The van der Waals surface area contributed by atoms with Crippen molar-refractivity contribution in [1.29, 1.82) is 0 Å². The van der Waals surface area contributed by atoms with Gasteiger partial charge in [-0.05, 0) is 145 Å². The molecular formula is C52H48N2. The fraction of sp³-hybridized carbons (Fsp3) is 0.269. The van der Waals surface area contributed by atoms with Gasteiger partial charge in [0.1, 0.15) is 0 Å². The highest BCUT2D eigenvalue weighted by molar-refractivity contribution is 5.75. The first kappa shape index (κ1) is 32.1. The molecule has 0 amide bonds. The molecular weight excluding hydrogens is 653 g/mol. The largest absolute Gasteiger partial charge is 0.340 e. The first-order chi connectivity index (χ1) is 26.8. The van der Waals surface area contributed by atoms with E-state index in [4.69, 9.17) is 0 Å². The zero-order valence-electron chi connectivity index (χ0n) is 31.1. The van der Waals surface area contributed by atoms with Gasteiger partial charge in [-0.2, -0.15) is 0 Å². The smallest absolute Gasteiger partial charge is 0.0626 e. The second-order valence-corrected chi connectivity index (χ2v) is 16.5. The van der Waals surface area contributed by atoms with Crippen LogP contribution < -0.4 is 4.90 Å². The van der Waals surface area contributed by atoms with Gasteiger partial charge in [0, 0.05) is 40.3 Å². The zero-order valence-corrected chi connectivity index (χ0v) is 31.1. The molecule has 0 aromatic heterocycles. The Hall–Kier alpha value is -5.34. The Bertz CT molecular complexity index is 2340. The lowest BCUT2D eigenvalue weighted by molar-refractivity contribution is 0.342. The summed E-state index contributed by atoms with van der Waals surface area (Å²) in [5.74, 6) is 1.85.